The van der Waals surface area contributed by atoms with Crippen molar-refractivity contribution in [2.45, 2.75) is 52.1 Å². The van der Waals surface area contributed by atoms with Gasteiger partial charge in [-0.05, 0) is 37.3 Å². The largest absolute Gasteiger partial charge is 0.349 e. The average Bonchev–Trinajstić information content (AvgIpc) is 2.73. The number of carbonyl (C=O) groups excluding carboxylic acids is 1. The van der Waals surface area contributed by atoms with Crippen LogP contribution in [-0.4, -0.2) is 16.5 Å². The van der Waals surface area contributed by atoms with Crippen LogP contribution < -0.4 is 10.9 Å². The number of amides is 1. The quantitative estimate of drug-likeness (QED) is 0.706. The van der Waals surface area contributed by atoms with Crippen molar-refractivity contribution >= 4 is 16.8 Å². The number of hydrogen-bond donors (Lipinski definition) is 1. The van der Waals surface area contributed by atoms with Gasteiger partial charge in [-0.1, -0.05) is 67.8 Å². The first kappa shape index (κ1) is 19.4. The molecule has 29 heavy (non-hydrogen) atoms. The number of nitrogens with one attached hydrogen (secondary N) is 1. The third kappa shape index (κ3) is 4.12. The summed E-state index contributed by atoms with van der Waals surface area (Å²) < 4.78 is 1.75. The summed E-state index contributed by atoms with van der Waals surface area (Å²) in [5, 5.41) is 4.01. The predicted octanol–water partition coefficient (Wildman–Crippen LogP) is 4.67. The lowest BCUT2D eigenvalue weighted by atomic mass is 9.86. The van der Waals surface area contributed by atoms with Crippen molar-refractivity contribution in [3.8, 4) is 0 Å². The Morgan fingerprint density at radius 2 is 1.79 bits per heavy atom. The number of hydrogen-bond acceptors (Lipinski definition) is 2. The van der Waals surface area contributed by atoms with E-state index in [1.165, 1.54) is 18.1 Å². The van der Waals surface area contributed by atoms with Crippen LogP contribution in [0.2, 0.25) is 0 Å². The molecule has 0 unspecified atom stereocenters. The minimum Gasteiger partial charge on any atom is -0.349 e. The maximum atomic E-state index is 13.1. The van der Waals surface area contributed by atoms with Gasteiger partial charge in [-0.25, -0.2) is 0 Å². The van der Waals surface area contributed by atoms with Gasteiger partial charge in [0, 0.05) is 17.5 Å². The molecule has 1 amide bonds. The number of nitrogens with zero attached hydrogens (tertiary/aromatic N) is 1. The van der Waals surface area contributed by atoms with Gasteiger partial charge >= 0.3 is 0 Å². The van der Waals surface area contributed by atoms with Crippen molar-refractivity contribution in [2.75, 3.05) is 0 Å². The molecule has 0 aliphatic heterocycles. The van der Waals surface area contributed by atoms with Crippen LogP contribution in [0.1, 0.15) is 54.1 Å². The molecule has 1 aromatic heterocycles. The van der Waals surface area contributed by atoms with E-state index in [9.17, 15) is 9.59 Å². The highest BCUT2D eigenvalue weighted by Crippen LogP contribution is 2.25. The second-order valence-electron chi connectivity index (χ2n) is 8.33. The molecule has 1 fully saturated rings. The van der Waals surface area contributed by atoms with Crippen molar-refractivity contribution in [2.24, 2.45) is 5.92 Å². The first-order valence-corrected chi connectivity index (χ1v) is 10.5. The number of rotatable bonds is 4. The molecule has 0 bridgehead atoms. The lowest BCUT2D eigenvalue weighted by Crippen LogP contribution is -2.41. The van der Waals surface area contributed by atoms with E-state index < -0.39 is 0 Å². The summed E-state index contributed by atoms with van der Waals surface area (Å²) in [5.41, 5.74) is 3.38. The Hall–Kier alpha value is -2.88. The first-order valence-electron chi connectivity index (χ1n) is 10.5. The molecule has 3 aromatic rings. The van der Waals surface area contributed by atoms with Gasteiger partial charge in [0.05, 0.1) is 17.6 Å². The number of pyridine rings is 1. The standard InChI is InChI=1S/C25H28N2O2/c1-17-11-13-19(14-12-17)16-27-23-10-6-4-8-20(23)21(15-24(27)28)25(29)26-22-9-5-3-7-18(22)2/h4,6,8,10-15,18,22H,3,5,7,9,16H2,1-2H3,(H,26,29)/t18-,22+/m0/s1. The molecule has 1 heterocycles. The number of para-hydroxylation sites is 1. The smallest absolute Gasteiger partial charge is 0.252 e. The summed E-state index contributed by atoms with van der Waals surface area (Å²) in [6.07, 6.45) is 4.53. The fourth-order valence-corrected chi connectivity index (χ4v) is 4.34. The Balaban J connectivity index is 1.70. The number of carbonyl (C=O) groups is 1. The minimum absolute atomic E-state index is 0.139. The highest BCUT2D eigenvalue weighted by Gasteiger charge is 2.24. The molecular weight excluding hydrogens is 360 g/mol. The normalized spacial score (nSPS) is 19.2. The molecule has 2 atom stereocenters. The summed E-state index contributed by atoms with van der Waals surface area (Å²) in [6.45, 7) is 4.73. The SMILES string of the molecule is Cc1ccc(Cn2c(=O)cc(C(=O)N[C@@H]3CCCC[C@@H]3C)c3ccccc32)cc1. The first-order chi connectivity index (χ1) is 14.0. The predicted molar refractivity (Wildman–Crippen MR) is 117 cm³/mol. The summed E-state index contributed by atoms with van der Waals surface area (Å²) in [6, 6.07) is 17.6. The van der Waals surface area contributed by atoms with Gasteiger partial charge in [0.15, 0.2) is 0 Å². The molecule has 150 valence electrons. The van der Waals surface area contributed by atoms with Gasteiger partial charge in [0.1, 0.15) is 0 Å². The fourth-order valence-electron chi connectivity index (χ4n) is 4.34. The molecular formula is C25H28N2O2. The minimum atomic E-state index is -0.147. The van der Waals surface area contributed by atoms with Crippen molar-refractivity contribution in [3.05, 3.63) is 81.6 Å². The van der Waals surface area contributed by atoms with Crippen LogP contribution >= 0.6 is 0 Å². The second-order valence-corrected chi connectivity index (χ2v) is 8.33. The van der Waals surface area contributed by atoms with Gasteiger partial charge in [0.25, 0.3) is 11.5 Å². The van der Waals surface area contributed by atoms with E-state index in [0.717, 1.165) is 35.7 Å². The topological polar surface area (TPSA) is 51.1 Å². The molecule has 0 saturated heterocycles. The van der Waals surface area contributed by atoms with E-state index in [0.29, 0.717) is 18.0 Å². The van der Waals surface area contributed by atoms with Crippen LogP contribution in [-0.2, 0) is 6.54 Å². The molecule has 4 rings (SSSR count). The lowest BCUT2D eigenvalue weighted by Gasteiger charge is -2.29. The van der Waals surface area contributed by atoms with Crippen molar-refractivity contribution < 1.29 is 4.79 Å². The third-order valence-electron chi connectivity index (χ3n) is 6.15. The molecule has 2 aromatic carbocycles. The third-order valence-corrected chi connectivity index (χ3v) is 6.15. The zero-order valence-corrected chi connectivity index (χ0v) is 17.2. The monoisotopic (exact) mass is 388 g/mol. The molecule has 0 radical (unpaired) electrons. The van der Waals surface area contributed by atoms with E-state index >= 15 is 0 Å². The number of aryl methyl sites for hydroxylation is 1. The van der Waals surface area contributed by atoms with Gasteiger partial charge < -0.3 is 9.88 Å². The molecule has 1 N–H and O–H groups in total. The molecule has 4 nitrogen and oxygen atoms in total. The van der Waals surface area contributed by atoms with E-state index in [4.69, 9.17) is 0 Å². The van der Waals surface area contributed by atoms with Crippen LogP contribution in [0.4, 0.5) is 0 Å². The molecule has 1 aliphatic rings. The maximum absolute atomic E-state index is 13.1. The van der Waals surface area contributed by atoms with Crippen molar-refractivity contribution in [1.82, 2.24) is 9.88 Å². The summed E-state index contributed by atoms with van der Waals surface area (Å²) in [5.74, 6) is 0.334. The molecule has 0 spiro atoms. The van der Waals surface area contributed by atoms with E-state index in [1.54, 1.807) is 4.57 Å². The van der Waals surface area contributed by atoms with E-state index in [2.05, 4.69) is 24.4 Å². The number of fused-ring (bicyclic) bond motifs is 1. The average molecular weight is 389 g/mol. The summed E-state index contributed by atoms with van der Waals surface area (Å²) >= 11 is 0. The number of aromatic nitrogens is 1. The molecule has 1 saturated carbocycles. The van der Waals surface area contributed by atoms with Crippen LogP contribution in [0.3, 0.4) is 0 Å². The summed E-state index contributed by atoms with van der Waals surface area (Å²) in [7, 11) is 0. The highest BCUT2D eigenvalue weighted by molar-refractivity contribution is 6.06. The Labute approximate surface area is 171 Å². The Morgan fingerprint density at radius 3 is 2.55 bits per heavy atom. The van der Waals surface area contributed by atoms with Gasteiger partial charge in [-0.3, -0.25) is 9.59 Å². The zero-order valence-electron chi connectivity index (χ0n) is 17.2. The maximum Gasteiger partial charge on any atom is 0.252 e. The lowest BCUT2D eigenvalue weighted by molar-refractivity contribution is 0.0911. The van der Waals surface area contributed by atoms with Gasteiger partial charge in [-0.15, -0.1) is 0 Å². The van der Waals surface area contributed by atoms with Crippen molar-refractivity contribution in [3.63, 3.8) is 0 Å². The van der Waals surface area contributed by atoms with Crippen molar-refractivity contribution in [1.29, 1.82) is 0 Å². The van der Waals surface area contributed by atoms with Crippen LogP contribution in [0, 0.1) is 12.8 Å². The van der Waals surface area contributed by atoms with Gasteiger partial charge in [0.2, 0.25) is 0 Å². The summed E-state index contributed by atoms with van der Waals surface area (Å²) in [4.78, 5) is 26.0. The zero-order chi connectivity index (χ0) is 20.4. The Morgan fingerprint density at radius 1 is 1.07 bits per heavy atom. The van der Waals surface area contributed by atoms with Crippen LogP contribution in [0.5, 0.6) is 0 Å². The Bertz CT molecular complexity index is 1080. The number of benzene rings is 2. The van der Waals surface area contributed by atoms with Gasteiger partial charge in [-0.2, -0.15) is 0 Å². The fraction of sp³-hybridized carbons (Fsp3) is 0.360. The highest BCUT2D eigenvalue weighted by atomic mass is 16.2. The molecule has 4 heteroatoms. The Kier molecular flexibility index (Phi) is 5.52. The van der Waals surface area contributed by atoms with Crippen LogP contribution in [0.25, 0.3) is 10.9 Å². The van der Waals surface area contributed by atoms with Crippen LogP contribution in [0.15, 0.2) is 59.4 Å². The van der Waals surface area contributed by atoms with E-state index in [1.807, 2.05) is 43.3 Å². The van der Waals surface area contributed by atoms with E-state index in [-0.39, 0.29) is 17.5 Å². The second kappa shape index (κ2) is 8.24. The molecule has 1 aliphatic carbocycles.